The molecule has 0 atom stereocenters. The molecule has 0 aliphatic heterocycles. The number of aromatic nitrogens is 1. The van der Waals surface area contributed by atoms with E-state index >= 15 is 0 Å². The Morgan fingerprint density at radius 3 is 2.86 bits per heavy atom. The van der Waals surface area contributed by atoms with Gasteiger partial charge in [0.1, 0.15) is 5.75 Å². The fraction of sp³-hybridized carbons (Fsp3) is 0.0769. The van der Waals surface area contributed by atoms with Crippen molar-refractivity contribution in [1.82, 2.24) is 4.98 Å². The first-order chi connectivity index (χ1) is 10.0. The minimum absolute atomic E-state index is 0.0927. The lowest BCUT2D eigenvalue weighted by Gasteiger charge is -2.11. The molecular weight excluding hydrogens is 276 g/mol. The molecule has 0 radical (unpaired) electrons. The normalized spacial score (nSPS) is 11.2. The smallest absolute Gasteiger partial charge is 0.273 e. The summed E-state index contributed by atoms with van der Waals surface area (Å²) in [5, 5.41) is 22.4. The van der Waals surface area contributed by atoms with E-state index in [1.165, 1.54) is 18.3 Å². The highest BCUT2D eigenvalue weighted by atomic mass is 16.6. The van der Waals surface area contributed by atoms with Gasteiger partial charge in [-0.3, -0.25) is 10.1 Å². The van der Waals surface area contributed by atoms with E-state index in [4.69, 9.17) is 15.7 Å². The van der Waals surface area contributed by atoms with Gasteiger partial charge in [0, 0.05) is 12.3 Å². The topological polar surface area (TPSA) is 124 Å². The predicted octanol–water partition coefficient (Wildman–Crippen LogP) is 2.19. The average molecular weight is 288 g/mol. The number of amidine groups is 1. The van der Waals surface area contributed by atoms with Gasteiger partial charge in [0.25, 0.3) is 5.69 Å². The van der Waals surface area contributed by atoms with Crippen LogP contribution in [0, 0.1) is 17.0 Å². The molecule has 2 aromatic rings. The number of nitrogens with two attached hydrogens (primary N) is 1. The molecule has 1 heterocycles. The van der Waals surface area contributed by atoms with Crippen LogP contribution in [0.2, 0.25) is 0 Å². The second-order valence-electron chi connectivity index (χ2n) is 4.14. The number of benzene rings is 1. The van der Waals surface area contributed by atoms with Crippen molar-refractivity contribution in [2.75, 3.05) is 0 Å². The number of rotatable bonds is 4. The van der Waals surface area contributed by atoms with Crippen molar-refractivity contribution in [3.8, 4) is 11.5 Å². The molecule has 108 valence electrons. The second-order valence-corrected chi connectivity index (χ2v) is 4.14. The molecule has 21 heavy (non-hydrogen) atoms. The van der Waals surface area contributed by atoms with Crippen LogP contribution < -0.4 is 10.5 Å². The predicted molar refractivity (Wildman–Crippen MR) is 74.7 cm³/mol. The van der Waals surface area contributed by atoms with Crippen LogP contribution in [0.5, 0.6) is 11.5 Å². The number of oxime groups is 1. The van der Waals surface area contributed by atoms with E-state index in [2.05, 4.69) is 10.1 Å². The summed E-state index contributed by atoms with van der Waals surface area (Å²) in [5.74, 6) is 0.314. The maximum atomic E-state index is 10.8. The summed E-state index contributed by atoms with van der Waals surface area (Å²) in [5.41, 5.74) is 6.27. The van der Waals surface area contributed by atoms with Crippen LogP contribution in [-0.2, 0) is 0 Å². The van der Waals surface area contributed by atoms with Crippen molar-refractivity contribution in [2.24, 2.45) is 10.9 Å². The number of pyridine rings is 1. The zero-order valence-electron chi connectivity index (χ0n) is 11.1. The summed E-state index contributed by atoms with van der Waals surface area (Å²) in [6.07, 6.45) is 1.46. The van der Waals surface area contributed by atoms with Crippen LogP contribution >= 0.6 is 0 Å². The summed E-state index contributed by atoms with van der Waals surface area (Å²) in [6.45, 7) is 1.75. The molecule has 0 saturated heterocycles. The fourth-order valence-electron chi connectivity index (χ4n) is 1.64. The van der Waals surface area contributed by atoms with E-state index in [0.717, 1.165) is 0 Å². The maximum absolute atomic E-state index is 10.8. The SMILES string of the molecule is Cc1ccc([N+](=O)[O-])cc1Oc1cccnc1/C(N)=N/O. The summed E-state index contributed by atoms with van der Waals surface area (Å²) in [7, 11) is 0. The number of hydrogen-bond donors (Lipinski definition) is 2. The van der Waals surface area contributed by atoms with E-state index in [-0.39, 0.29) is 23.0 Å². The van der Waals surface area contributed by atoms with Crippen molar-refractivity contribution in [2.45, 2.75) is 6.92 Å². The Labute approximate surface area is 119 Å². The van der Waals surface area contributed by atoms with E-state index < -0.39 is 4.92 Å². The third-order valence-corrected chi connectivity index (χ3v) is 2.72. The third kappa shape index (κ3) is 3.06. The number of non-ortho nitro benzene ring substituents is 1. The zero-order chi connectivity index (χ0) is 15.4. The Hall–Kier alpha value is -3.16. The molecule has 0 unspecified atom stereocenters. The van der Waals surface area contributed by atoms with Crippen molar-refractivity contribution < 1.29 is 14.9 Å². The van der Waals surface area contributed by atoms with E-state index in [1.807, 2.05) is 0 Å². The molecule has 8 nitrogen and oxygen atoms in total. The van der Waals surface area contributed by atoms with Crippen LogP contribution in [0.1, 0.15) is 11.3 Å². The number of nitrogens with zero attached hydrogens (tertiary/aromatic N) is 3. The fourth-order valence-corrected chi connectivity index (χ4v) is 1.64. The lowest BCUT2D eigenvalue weighted by molar-refractivity contribution is -0.384. The first-order valence-corrected chi connectivity index (χ1v) is 5.88. The zero-order valence-corrected chi connectivity index (χ0v) is 11.1. The molecule has 0 fully saturated rings. The Morgan fingerprint density at radius 2 is 2.19 bits per heavy atom. The van der Waals surface area contributed by atoms with Crippen molar-refractivity contribution in [3.05, 3.63) is 57.9 Å². The molecule has 8 heteroatoms. The van der Waals surface area contributed by atoms with Gasteiger partial charge >= 0.3 is 0 Å². The van der Waals surface area contributed by atoms with Gasteiger partial charge in [0.15, 0.2) is 17.3 Å². The quantitative estimate of drug-likeness (QED) is 0.292. The Balaban J connectivity index is 2.43. The second kappa shape index (κ2) is 5.87. The highest BCUT2D eigenvalue weighted by Gasteiger charge is 2.14. The van der Waals surface area contributed by atoms with Crippen LogP contribution in [0.3, 0.4) is 0 Å². The maximum Gasteiger partial charge on any atom is 0.273 e. The standard InChI is InChI=1S/C13H12N4O4/c1-8-4-5-9(17(19)20)7-11(8)21-10-3-2-6-15-12(10)13(14)16-18/h2-7,18H,1H3,(H2,14,16). The largest absolute Gasteiger partial charge is 0.454 e. The molecule has 0 spiro atoms. The van der Waals surface area contributed by atoms with E-state index in [1.54, 1.807) is 25.1 Å². The first kappa shape index (κ1) is 14.3. The summed E-state index contributed by atoms with van der Waals surface area (Å²) >= 11 is 0. The highest BCUT2D eigenvalue weighted by molar-refractivity contribution is 5.97. The van der Waals surface area contributed by atoms with Gasteiger partial charge in [-0.25, -0.2) is 4.98 Å². The van der Waals surface area contributed by atoms with Gasteiger partial charge in [-0.05, 0) is 30.7 Å². The molecule has 3 N–H and O–H groups in total. The molecular formula is C13H12N4O4. The Morgan fingerprint density at radius 1 is 1.43 bits per heavy atom. The van der Waals surface area contributed by atoms with Crippen LogP contribution in [0.4, 0.5) is 5.69 Å². The van der Waals surface area contributed by atoms with Gasteiger partial charge in [-0.1, -0.05) is 5.16 Å². The third-order valence-electron chi connectivity index (χ3n) is 2.72. The monoisotopic (exact) mass is 288 g/mol. The molecule has 1 aromatic carbocycles. The molecule has 1 aromatic heterocycles. The summed E-state index contributed by atoms with van der Waals surface area (Å²) < 4.78 is 5.62. The van der Waals surface area contributed by atoms with Crippen molar-refractivity contribution in [1.29, 1.82) is 0 Å². The molecule has 0 saturated carbocycles. The van der Waals surface area contributed by atoms with E-state index in [0.29, 0.717) is 11.3 Å². The molecule has 2 rings (SSSR count). The summed E-state index contributed by atoms with van der Waals surface area (Å²) in [6, 6.07) is 7.44. The average Bonchev–Trinajstić information content (AvgIpc) is 2.49. The van der Waals surface area contributed by atoms with E-state index in [9.17, 15) is 10.1 Å². The van der Waals surface area contributed by atoms with Crippen molar-refractivity contribution >= 4 is 11.5 Å². The van der Waals surface area contributed by atoms with Crippen LogP contribution in [0.15, 0.2) is 41.7 Å². The van der Waals surface area contributed by atoms with Gasteiger partial charge in [0.2, 0.25) is 0 Å². The van der Waals surface area contributed by atoms with Crippen LogP contribution in [-0.4, -0.2) is 21.0 Å². The molecule has 0 aliphatic carbocycles. The first-order valence-electron chi connectivity index (χ1n) is 5.88. The van der Waals surface area contributed by atoms with Gasteiger partial charge in [0.05, 0.1) is 11.0 Å². The number of nitro groups is 1. The van der Waals surface area contributed by atoms with Gasteiger partial charge in [-0.2, -0.15) is 0 Å². The molecule has 0 amide bonds. The highest BCUT2D eigenvalue weighted by Crippen LogP contribution is 2.30. The lowest BCUT2D eigenvalue weighted by atomic mass is 10.2. The molecule has 0 bridgehead atoms. The van der Waals surface area contributed by atoms with Gasteiger partial charge < -0.3 is 15.7 Å². The van der Waals surface area contributed by atoms with Crippen LogP contribution in [0.25, 0.3) is 0 Å². The summed E-state index contributed by atoms with van der Waals surface area (Å²) in [4.78, 5) is 14.2. The van der Waals surface area contributed by atoms with Gasteiger partial charge in [-0.15, -0.1) is 0 Å². The lowest BCUT2D eigenvalue weighted by Crippen LogP contribution is -2.16. The number of nitro benzene ring substituents is 1. The number of hydrogen-bond acceptors (Lipinski definition) is 6. The Kier molecular flexibility index (Phi) is 3.98. The minimum atomic E-state index is -0.514. The van der Waals surface area contributed by atoms with Crippen molar-refractivity contribution in [3.63, 3.8) is 0 Å². The minimum Gasteiger partial charge on any atom is -0.454 e. The number of ether oxygens (including phenoxy) is 1. The number of aryl methyl sites for hydroxylation is 1. The molecule has 0 aliphatic rings. The Bertz CT molecular complexity index is 715.